The van der Waals surface area contributed by atoms with Gasteiger partial charge in [0.1, 0.15) is 5.75 Å². The Morgan fingerprint density at radius 1 is 0.786 bits per heavy atom. The van der Waals surface area contributed by atoms with Gasteiger partial charge in [-0.2, -0.15) is 8.42 Å². The van der Waals surface area contributed by atoms with Crippen molar-refractivity contribution >= 4 is 10.1 Å². The van der Waals surface area contributed by atoms with Crippen molar-refractivity contribution in [2.75, 3.05) is 0 Å². The highest BCUT2D eigenvalue weighted by Crippen LogP contribution is 2.35. The molecule has 2 unspecified atom stereocenters. The van der Waals surface area contributed by atoms with Crippen molar-refractivity contribution in [3.63, 3.8) is 0 Å². The summed E-state index contributed by atoms with van der Waals surface area (Å²) >= 11 is 0. The molecule has 0 aromatic heterocycles. The minimum atomic E-state index is -4.35. The molecule has 0 saturated heterocycles. The third-order valence-electron chi connectivity index (χ3n) is 5.30. The Bertz CT molecular complexity index is 1070. The number of hydrogen-bond acceptors (Lipinski definition) is 3. The molecule has 0 spiro atoms. The second kappa shape index (κ2) is 7.78. The van der Waals surface area contributed by atoms with E-state index in [2.05, 4.69) is 31.2 Å². The Balaban J connectivity index is 1.93. The summed E-state index contributed by atoms with van der Waals surface area (Å²) in [6.45, 7) is 5.59. The Morgan fingerprint density at radius 2 is 1.29 bits per heavy atom. The van der Waals surface area contributed by atoms with Crippen molar-refractivity contribution in [3.05, 3.63) is 94.5 Å². The molecule has 2 N–H and O–H groups in total. The van der Waals surface area contributed by atoms with Gasteiger partial charge in [-0.15, -0.1) is 0 Å². The van der Waals surface area contributed by atoms with Gasteiger partial charge < -0.3 is 5.11 Å². The first-order valence-electron chi connectivity index (χ1n) is 9.14. The summed E-state index contributed by atoms with van der Waals surface area (Å²) in [5, 5.41) is 10.3. The summed E-state index contributed by atoms with van der Waals surface area (Å²) < 4.78 is 32.6. The summed E-state index contributed by atoms with van der Waals surface area (Å²) in [7, 11) is -4.35. The number of phenolic OH excluding ortho intramolecular Hbond substituents is 1. The molecule has 5 heteroatoms. The van der Waals surface area contributed by atoms with Crippen molar-refractivity contribution in [1.82, 2.24) is 0 Å². The minimum Gasteiger partial charge on any atom is -0.508 e. The highest BCUT2D eigenvalue weighted by molar-refractivity contribution is 7.85. The molecule has 0 aliphatic rings. The fraction of sp³-hybridized carbons (Fsp3) is 0.217. The van der Waals surface area contributed by atoms with Gasteiger partial charge in [-0.05, 0) is 41.3 Å². The van der Waals surface area contributed by atoms with Crippen LogP contribution in [-0.2, 0) is 10.1 Å². The lowest BCUT2D eigenvalue weighted by atomic mass is 9.88. The van der Waals surface area contributed by atoms with Crippen molar-refractivity contribution in [1.29, 1.82) is 0 Å². The zero-order valence-corrected chi connectivity index (χ0v) is 16.9. The largest absolute Gasteiger partial charge is 0.508 e. The van der Waals surface area contributed by atoms with E-state index in [-0.39, 0.29) is 22.5 Å². The Labute approximate surface area is 166 Å². The van der Waals surface area contributed by atoms with Crippen LogP contribution in [0, 0.1) is 6.92 Å². The summed E-state index contributed by atoms with van der Waals surface area (Å²) in [5.41, 5.74) is 4.13. The van der Waals surface area contributed by atoms with Crippen molar-refractivity contribution in [3.8, 4) is 5.75 Å². The molecule has 28 heavy (non-hydrogen) atoms. The molecule has 3 aromatic rings. The molecule has 3 rings (SSSR count). The van der Waals surface area contributed by atoms with Crippen LogP contribution < -0.4 is 0 Å². The molecule has 2 atom stereocenters. The van der Waals surface area contributed by atoms with Gasteiger partial charge in [0.05, 0.1) is 4.90 Å². The molecule has 4 nitrogen and oxygen atoms in total. The van der Waals surface area contributed by atoms with E-state index in [4.69, 9.17) is 0 Å². The monoisotopic (exact) mass is 396 g/mol. The molecule has 0 radical (unpaired) electrons. The lowest BCUT2D eigenvalue weighted by Gasteiger charge is -2.18. The summed E-state index contributed by atoms with van der Waals surface area (Å²) in [4.78, 5) is -0.179. The molecule has 0 aliphatic heterocycles. The average molecular weight is 397 g/mol. The highest BCUT2D eigenvalue weighted by Gasteiger charge is 2.20. The van der Waals surface area contributed by atoms with Gasteiger partial charge in [-0.1, -0.05) is 68.4 Å². The predicted molar refractivity (Wildman–Crippen MR) is 111 cm³/mol. The molecule has 0 bridgehead atoms. The van der Waals surface area contributed by atoms with Crippen LogP contribution in [0.15, 0.2) is 71.6 Å². The smallest absolute Gasteiger partial charge is 0.294 e. The normalized spacial score (nSPS) is 13.9. The van der Waals surface area contributed by atoms with E-state index < -0.39 is 10.1 Å². The van der Waals surface area contributed by atoms with Crippen molar-refractivity contribution < 1.29 is 18.1 Å². The Hall–Kier alpha value is -2.63. The standard InChI is InChI=1S/C23H24O4S/c1-15-13-22(24)21(14-23(15)28(25,26)27)17(3)20-11-9-19(10-12-20)16(2)18-7-5-4-6-8-18/h4-14,16-17,24H,1-3H3,(H,25,26,27). The molecule has 3 aromatic carbocycles. The number of rotatable bonds is 5. The fourth-order valence-electron chi connectivity index (χ4n) is 3.50. The van der Waals surface area contributed by atoms with Crippen LogP contribution in [-0.4, -0.2) is 18.1 Å². The molecule has 0 aliphatic carbocycles. The average Bonchev–Trinajstić information content (AvgIpc) is 2.67. The number of aryl methyl sites for hydroxylation is 1. The third-order valence-corrected chi connectivity index (χ3v) is 6.30. The molecule has 0 saturated carbocycles. The van der Waals surface area contributed by atoms with Gasteiger partial charge in [0.15, 0.2) is 0 Å². The van der Waals surface area contributed by atoms with E-state index in [1.54, 1.807) is 0 Å². The first kappa shape index (κ1) is 20.1. The van der Waals surface area contributed by atoms with E-state index >= 15 is 0 Å². The zero-order valence-electron chi connectivity index (χ0n) is 16.1. The van der Waals surface area contributed by atoms with Gasteiger partial charge in [-0.3, -0.25) is 4.55 Å². The van der Waals surface area contributed by atoms with Crippen LogP contribution in [0.5, 0.6) is 5.75 Å². The number of phenols is 1. The van der Waals surface area contributed by atoms with Gasteiger partial charge in [0.25, 0.3) is 10.1 Å². The van der Waals surface area contributed by atoms with Gasteiger partial charge in [0.2, 0.25) is 0 Å². The van der Waals surface area contributed by atoms with E-state index in [1.807, 2.05) is 37.3 Å². The van der Waals surface area contributed by atoms with Crippen LogP contribution in [0.4, 0.5) is 0 Å². The number of aromatic hydroxyl groups is 1. The third kappa shape index (κ3) is 4.11. The maximum Gasteiger partial charge on any atom is 0.294 e. The van der Waals surface area contributed by atoms with E-state index in [0.29, 0.717) is 11.1 Å². The maximum atomic E-state index is 11.6. The molecule has 146 valence electrons. The van der Waals surface area contributed by atoms with Crippen LogP contribution in [0.3, 0.4) is 0 Å². The molecule has 0 amide bonds. The SMILES string of the molecule is Cc1cc(O)c(C(C)c2ccc(C(C)c3ccccc3)cc2)cc1S(=O)(=O)O. The Kier molecular flexibility index (Phi) is 5.59. The molecular formula is C23H24O4S. The number of benzene rings is 3. The van der Waals surface area contributed by atoms with Crippen molar-refractivity contribution in [2.24, 2.45) is 0 Å². The van der Waals surface area contributed by atoms with Gasteiger partial charge in [0, 0.05) is 17.4 Å². The second-order valence-electron chi connectivity index (χ2n) is 7.17. The summed E-state index contributed by atoms with van der Waals surface area (Å²) in [5.74, 6) is 0.0331. The molecule has 0 fully saturated rings. The minimum absolute atomic E-state index is 0.0131. The van der Waals surface area contributed by atoms with E-state index in [9.17, 15) is 18.1 Å². The van der Waals surface area contributed by atoms with Crippen LogP contribution >= 0.6 is 0 Å². The summed E-state index contributed by atoms with van der Waals surface area (Å²) in [6.07, 6.45) is 0. The van der Waals surface area contributed by atoms with E-state index in [0.717, 1.165) is 5.56 Å². The zero-order chi connectivity index (χ0) is 20.5. The highest BCUT2D eigenvalue weighted by atomic mass is 32.2. The first-order valence-corrected chi connectivity index (χ1v) is 10.6. The lowest BCUT2D eigenvalue weighted by molar-refractivity contribution is 0.463. The number of hydrogen-bond donors (Lipinski definition) is 2. The predicted octanol–water partition coefficient (Wildman–Crippen LogP) is 5.25. The maximum absolute atomic E-state index is 11.6. The molecule has 0 heterocycles. The lowest BCUT2D eigenvalue weighted by Crippen LogP contribution is -2.05. The fourth-order valence-corrected chi connectivity index (χ4v) is 4.24. The van der Waals surface area contributed by atoms with Gasteiger partial charge in [-0.25, -0.2) is 0 Å². The van der Waals surface area contributed by atoms with Gasteiger partial charge >= 0.3 is 0 Å². The topological polar surface area (TPSA) is 74.6 Å². The van der Waals surface area contributed by atoms with Crippen LogP contribution in [0.2, 0.25) is 0 Å². The summed E-state index contributed by atoms with van der Waals surface area (Å²) in [6, 6.07) is 21.1. The quantitative estimate of drug-likeness (QED) is 0.578. The Morgan fingerprint density at radius 3 is 1.82 bits per heavy atom. The van der Waals surface area contributed by atoms with Crippen molar-refractivity contribution in [2.45, 2.75) is 37.5 Å². The van der Waals surface area contributed by atoms with Crippen LogP contribution in [0.1, 0.15) is 53.5 Å². The van der Waals surface area contributed by atoms with E-state index in [1.165, 1.54) is 30.2 Å². The first-order chi connectivity index (χ1) is 13.2. The molecular weight excluding hydrogens is 372 g/mol. The van der Waals surface area contributed by atoms with Crippen LogP contribution in [0.25, 0.3) is 0 Å². The second-order valence-corrected chi connectivity index (χ2v) is 8.56.